The van der Waals surface area contributed by atoms with E-state index >= 15 is 0 Å². The molecular formula is C15H20O2. The van der Waals surface area contributed by atoms with Gasteiger partial charge in [0.15, 0.2) is 0 Å². The topological polar surface area (TPSA) is 26.3 Å². The zero-order valence-electron chi connectivity index (χ0n) is 10.2. The van der Waals surface area contributed by atoms with E-state index in [1.165, 1.54) is 5.56 Å². The molecule has 2 heteroatoms. The molecule has 0 spiro atoms. The molecule has 0 N–H and O–H groups in total. The van der Waals surface area contributed by atoms with Crippen LogP contribution in [0.15, 0.2) is 30.3 Å². The highest BCUT2D eigenvalue weighted by Gasteiger charge is 2.20. The second kappa shape index (κ2) is 6.55. The molecule has 1 aromatic carbocycles. The van der Waals surface area contributed by atoms with Gasteiger partial charge < -0.3 is 9.53 Å². The average Bonchev–Trinajstić information content (AvgIpc) is 2.41. The molecule has 92 valence electrons. The van der Waals surface area contributed by atoms with Crippen molar-refractivity contribution in [2.75, 3.05) is 6.61 Å². The highest BCUT2D eigenvalue weighted by molar-refractivity contribution is 5.53. The van der Waals surface area contributed by atoms with Crippen LogP contribution < -0.4 is 0 Å². The Balaban J connectivity index is 1.65. The Hall–Kier alpha value is -1.15. The van der Waals surface area contributed by atoms with Crippen molar-refractivity contribution in [3.63, 3.8) is 0 Å². The maximum absolute atomic E-state index is 10.6. The highest BCUT2D eigenvalue weighted by Crippen LogP contribution is 2.27. The molecule has 0 aromatic heterocycles. The molecule has 0 bridgehead atoms. The molecule has 0 aliphatic heterocycles. The Morgan fingerprint density at radius 1 is 1.12 bits per heavy atom. The zero-order chi connectivity index (χ0) is 11.9. The number of hydrogen-bond acceptors (Lipinski definition) is 2. The monoisotopic (exact) mass is 232 g/mol. The van der Waals surface area contributed by atoms with Gasteiger partial charge in [0.05, 0.1) is 6.61 Å². The van der Waals surface area contributed by atoms with Crippen LogP contribution >= 0.6 is 0 Å². The van der Waals surface area contributed by atoms with E-state index in [2.05, 4.69) is 12.1 Å². The van der Waals surface area contributed by atoms with Crippen LogP contribution in [0.4, 0.5) is 0 Å². The predicted octanol–water partition coefficient (Wildman–Crippen LogP) is 3.21. The third-order valence-electron chi connectivity index (χ3n) is 3.55. The fraction of sp³-hybridized carbons (Fsp3) is 0.533. The van der Waals surface area contributed by atoms with Gasteiger partial charge in [0.2, 0.25) is 0 Å². The largest absolute Gasteiger partial charge is 0.376 e. The summed E-state index contributed by atoms with van der Waals surface area (Å²) in [6, 6.07) is 10.3. The lowest BCUT2D eigenvalue weighted by Gasteiger charge is -2.25. The van der Waals surface area contributed by atoms with E-state index < -0.39 is 0 Å². The molecule has 1 aliphatic rings. The summed E-state index contributed by atoms with van der Waals surface area (Å²) in [4.78, 5) is 10.6. The second-order valence-electron chi connectivity index (χ2n) is 4.92. The molecule has 17 heavy (non-hydrogen) atoms. The van der Waals surface area contributed by atoms with E-state index in [1.807, 2.05) is 18.2 Å². The van der Waals surface area contributed by atoms with Gasteiger partial charge >= 0.3 is 0 Å². The number of aldehydes is 1. The van der Waals surface area contributed by atoms with Crippen LogP contribution in [0.1, 0.15) is 31.2 Å². The maximum Gasteiger partial charge on any atom is 0.123 e. The molecule has 1 fully saturated rings. The Morgan fingerprint density at radius 3 is 2.47 bits per heavy atom. The molecule has 0 radical (unpaired) electrons. The number of rotatable bonds is 5. The third kappa shape index (κ3) is 3.97. The van der Waals surface area contributed by atoms with E-state index in [4.69, 9.17) is 4.74 Å². The summed E-state index contributed by atoms with van der Waals surface area (Å²) in [7, 11) is 0. The molecule has 2 nitrogen and oxygen atoms in total. The summed E-state index contributed by atoms with van der Waals surface area (Å²) in [5, 5.41) is 0. The Morgan fingerprint density at radius 2 is 1.82 bits per heavy atom. The van der Waals surface area contributed by atoms with Crippen LogP contribution in [0.2, 0.25) is 0 Å². The summed E-state index contributed by atoms with van der Waals surface area (Å²) in [6.45, 7) is 1.54. The van der Waals surface area contributed by atoms with Gasteiger partial charge in [-0.15, -0.1) is 0 Å². The van der Waals surface area contributed by atoms with Gasteiger partial charge in [-0.3, -0.25) is 0 Å². The minimum absolute atomic E-state index is 0.306. The van der Waals surface area contributed by atoms with Gasteiger partial charge in [-0.25, -0.2) is 0 Å². The lowest BCUT2D eigenvalue weighted by molar-refractivity contribution is -0.112. The minimum Gasteiger partial charge on any atom is -0.376 e. The van der Waals surface area contributed by atoms with Gasteiger partial charge in [0, 0.05) is 12.5 Å². The smallest absolute Gasteiger partial charge is 0.123 e. The van der Waals surface area contributed by atoms with Crippen molar-refractivity contribution in [2.45, 2.75) is 32.3 Å². The second-order valence-corrected chi connectivity index (χ2v) is 4.92. The molecule has 0 amide bonds. The normalized spacial score (nSPS) is 24.5. The van der Waals surface area contributed by atoms with Crippen molar-refractivity contribution in [2.24, 2.45) is 11.8 Å². The van der Waals surface area contributed by atoms with E-state index in [0.717, 1.165) is 38.6 Å². The van der Waals surface area contributed by atoms with E-state index in [1.54, 1.807) is 0 Å². The van der Waals surface area contributed by atoms with Crippen LogP contribution in [0.5, 0.6) is 0 Å². The molecule has 0 heterocycles. The van der Waals surface area contributed by atoms with Crippen LogP contribution in [0.3, 0.4) is 0 Å². The van der Waals surface area contributed by atoms with Crippen molar-refractivity contribution >= 4 is 6.29 Å². The molecule has 1 aliphatic carbocycles. The van der Waals surface area contributed by atoms with Crippen molar-refractivity contribution in [1.82, 2.24) is 0 Å². The summed E-state index contributed by atoms with van der Waals surface area (Å²) < 4.78 is 5.74. The first kappa shape index (κ1) is 12.3. The first-order valence-electron chi connectivity index (χ1n) is 6.45. The van der Waals surface area contributed by atoms with Crippen LogP contribution in [0.25, 0.3) is 0 Å². The van der Waals surface area contributed by atoms with Crippen LogP contribution in [-0.2, 0) is 16.1 Å². The van der Waals surface area contributed by atoms with Crippen molar-refractivity contribution < 1.29 is 9.53 Å². The van der Waals surface area contributed by atoms with E-state index in [9.17, 15) is 4.79 Å². The quantitative estimate of drug-likeness (QED) is 0.729. The average molecular weight is 232 g/mol. The lowest BCUT2D eigenvalue weighted by Crippen LogP contribution is -2.19. The summed E-state index contributed by atoms with van der Waals surface area (Å²) in [5.74, 6) is 0.954. The van der Waals surface area contributed by atoms with Crippen LogP contribution in [-0.4, -0.2) is 12.9 Å². The van der Waals surface area contributed by atoms with Gasteiger partial charge in [0.25, 0.3) is 0 Å². The van der Waals surface area contributed by atoms with Crippen molar-refractivity contribution in [3.8, 4) is 0 Å². The van der Waals surface area contributed by atoms with Gasteiger partial charge in [0.1, 0.15) is 6.29 Å². The number of hydrogen-bond donors (Lipinski definition) is 0. The molecule has 0 atom stereocenters. The fourth-order valence-corrected chi connectivity index (χ4v) is 2.41. The Kier molecular flexibility index (Phi) is 4.75. The summed E-state index contributed by atoms with van der Waals surface area (Å²) >= 11 is 0. The first-order chi connectivity index (χ1) is 8.38. The summed E-state index contributed by atoms with van der Waals surface area (Å²) in [5.41, 5.74) is 1.23. The fourth-order valence-electron chi connectivity index (χ4n) is 2.41. The van der Waals surface area contributed by atoms with Crippen molar-refractivity contribution in [3.05, 3.63) is 35.9 Å². The molecular weight excluding hydrogens is 212 g/mol. The third-order valence-corrected chi connectivity index (χ3v) is 3.55. The number of carbonyl (C=O) groups is 1. The van der Waals surface area contributed by atoms with E-state index in [-0.39, 0.29) is 0 Å². The SMILES string of the molecule is O=C[C@H]1CC[C@H](COCc2ccccc2)CC1. The van der Waals surface area contributed by atoms with Gasteiger partial charge in [-0.2, -0.15) is 0 Å². The van der Waals surface area contributed by atoms with E-state index in [0.29, 0.717) is 18.4 Å². The van der Waals surface area contributed by atoms with Crippen LogP contribution in [0, 0.1) is 11.8 Å². The van der Waals surface area contributed by atoms with Gasteiger partial charge in [-0.1, -0.05) is 30.3 Å². The molecule has 2 rings (SSSR count). The summed E-state index contributed by atoms with van der Waals surface area (Å²) in [6.07, 6.45) is 5.48. The highest BCUT2D eigenvalue weighted by atomic mass is 16.5. The maximum atomic E-state index is 10.6. The number of carbonyl (C=O) groups excluding carboxylic acids is 1. The zero-order valence-corrected chi connectivity index (χ0v) is 10.2. The van der Waals surface area contributed by atoms with Gasteiger partial charge in [-0.05, 0) is 37.2 Å². The molecule has 1 aromatic rings. The molecule has 1 saturated carbocycles. The first-order valence-corrected chi connectivity index (χ1v) is 6.45. The lowest BCUT2D eigenvalue weighted by atomic mass is 9.83. The number of benzene rings is 1. The molecule has 0 unspecified atom stereocenters. The minimum atomic E-state index is 0.306. The van der Waals surface area contributed by atoms with Crippen molar-refractivity contribution in [1.29, 1.82) is 0 Å². The number of ether oxygens (including phenoxy) is 1. The standard InChI is InChI=1S/C15H20O2/c16-10-13-6-8-15(9-7-13)12-17-11-14-4-2-1-3-5-14/h1-5,10,13,15H,6-9,11-12H2/t13-,15-. The Bertz CT molecular complexity index is 326. The molecule has 0 saturated heterocycles. The predicted molar refractivity (Wildman–Crippen MR) is 67.6 cm³/mol. The Labute approximate surface area is 103 Å².